The van der Waals surface area contributed by atoms with E-state index in [1.165, 1.54) is 31.5 Å². The summed E-state index contributed by atoms with van der Waals surface area (Å²) in [5, 5.41) is 0. The van der Waals surface area contributed by atoms with Crippen molar-refractivity contribution < 1.29 is 13.0 Å². The largest absolute Gasteiger partial charge is 0.360 e. The molecule has 102 valence electrons. The summed E-state index contributed by atoms with van der Waals surface area (Å²) in [4.78, 5) is 5.83. The summed E-state index contributed by atoms with van der Waals surface area (Å²) >= 11 is 0. The minimum atomic E-state index is -4.15. The van der Waals surface area contributed by atoms with E-state index in [0.29, 0.717) is 5.82 Å². The van der Waals surface area contributed by atoms with Crippen molar-refractivity contribution in [2.75, 3.05) is 18.5 Å². The molecule has 1 rings (SSSR count). The van der Waals surface area contributed by atoms with Gasteiger partial charge in [0.25, 0.3) is 10.1 Å². The van der Waals surface area contributed by atoms with Gasteiger partial charge in [0.15, 0.2) is 0 Å². The van der Waals surface area contributed by atoms with E-state index in [0.717, 1.165) is 13.0 Å². The molecule has 0 atom stereocenters. The molecule has 0 amide bonds. The zero-order valence-electron chi connectivity index (χ0n) is 10.8. The number of unbranched alkanes of at least 4 members (excludes halogenated alkanes) is 3. The Kier molecular flexibility index (Phi) is 5.55. The molecular weight excluding hydrogens is 252 g/mol. The highest BCUT2D eigenvalue weighted by Gasteiger charge is 2.10. The zero-order valence-corrected chi connectivity index (χ0v) is 11.7. The number of hydrogen-bond donors (Lipinski definition) is 1. The van der Waals surface area contributed by atoms with Gasteiger partial charge in [-0.25, -0.2) is 4.98 Å². The maximum absolute atomic E-state index is 10.9. The van der Waals surface area contributed by atoms with Gasteiger partial charge >= 0.3 is 0 Å². The van der Waals surface area contributed by atoms with Crippen LogP contribution in [0.3, 0.4) is 0 Å². The van der Waals surface area contributed by atoms with E-state index in [1.54, 1.807) is 6.07 Å². The molecule has 0 aliphatic rings. The molecule has 0 aliphatic heterocycles. The Morgan fingerprint density at radius 2 is 2.00 bits per heavy atom. The first-order valence-electron chi connectivity index (χ1n) is 6.10. The Balaban J connectivity index is 2.57. The van der Waals surface area contributed by atoms with Gasteiger partial charge in [-0.1, -0.05) is 26.2 Å². The molecule has 0 aliphatic carbocycles. The maximum Gasteiger partial charge on any atom is 0.296 e. The normalized spacial score (nSPS) is 11.5. The van der Waals surface area contributed by atoms with Crippen molar-refractivity contribution in [3.05, 3.63) is 18.3 Å². The van der Waals surface area contributed by atoms with Gasteiger partial charge in [0, 0.05) is 13.6 Å². The first-order valence-corrected chi connectivity index (χ1v) is 7.54. The van der Waals surface area contributed by atoms with E-state index in [1.807, 2.05) is 11.9 Å². The molecule has 0 radical (unpaired) electrons. The molecule has 5 nitrogen and oxygen atoms in total. The lowest BCUT2D eigenvalue weighted by Crippen LogP contribution is -2.19. The van der Waals surface area contributed by atoms with Crippen LogP contribution in [-0.2, 0) is 10.1 Å². The van der Waals surface area contributed by atoms with Gasteiger partial charge in [0.05, 0.1) is 6.20 Å². The molecule has 0 saturated heterocycles. The fourth-order valence-corrected chi connectivity index (χ4v) is 2.07. The van der Waals surface area contributed by atoms with Crippen LogP contribution >= 0.6 is 0 Å². The second-order valence-electron chi connectivity index (χ2n) is 4.31. The van der Waals surface area contributed by atoms with Crippen LogP contribution in [0.1, 0.15) is 32.6 Å². The highest BCUT2D eigenvalue weighted by molar-refractivity contribution is 7.85. The third-order valence-electron chi connectivity index (χ3n) is 2.76. The molecular formula is C12H20N2O3S. The third-order valence-corrected chi connectivity index (χ3v) is 3.59. The van der Waals surface area contributed by atoms with E-state index in [2.05, 4.69) is 11.9 Å². The molecule has 0 unspecified atom stereocenters. The van der Waals surface area contributed by atoms with Crippen molar-refractivity contribution in [3.8, 4) is 0 Å². The van der Waals surface area contributed by atoms with Crippen LogP contribution in [0.2, 0.25) is 0 Å². The van der Waals surface area contributed by atoms with E-state index in [4.69, 9.17) is 4.55 Å². The molecule has 0 spiro atoms. The summed E-state index contributed by atoms with van der Waals surface area (Å²) in [6, 6.07) is 2.96. The van der Waals surface area contributed by atoms with E-state index in [9.17, 15) is 8.42 Å². The third kappa shape index (κ3) is 4.62. The average molecular weight is 272 g/mol. The number of hydrogen-bond acceptors (Lipinski definition) is 4. The van der Waals surface area contributed by atoms with Crippen molar-refractivity contribution in [1.82, 2.24) is 4.98 Å². The number of pyridine rings is 1. The van der Waals surface area contributed by atoms with Crippen LogP contribution < -0.4 is 4.90 Å². The van der Waals surface area contributed by atoms with Crippen molar-refractivity contribution in [3.63, 3.8) is 0 Å². The fraction of sp³-hybridized carbons (Fsp3) is 0.583. The predicted molar refractivity (Wildman–Crippen MR) is 71.5 cm³/mol. The molecule has 1 N–H and O–H groups in total. The SMILES string of the molecule is CCCCCCN(C)c1ccc(S(=O)(=O)O)cn1. The zero-order chi connectivity index (χ0) is 13.6. The Bertz CT molecular complexity index is 457. The molecule has 1 heterocycles. The molecule has 1 aromatic heterocycles. The minimum absolute atomic E-state index is 0.175. The number of aromatic nitrogens is 1. The quantitative estimate of drug-likeness (QED) is 0.609. The van der Waals surface area contributed by atoms with Gasteiger partial charge in [0.1, 0.15) is 10.7 Å². The summed E-state index contributed by atoms with van der Waals surface area (Å²) in [5.41, 5.74) is 0. The van der Waals surface area contributed by atoms with Crippen molar-refractivity contribution in [2.45, 2.75) is 37.5 Å². The highest BCUT2D eigenvalue weighted by atomic mass is 32.2. The molecule has 0 saturated carbocycles. The molecule has 0 fully saturated rings. The molecule has 6 heteroatoms. The Labute approximate surface area is 109 Å². The minimum Gasteiger partial charge on any atom is -0.360 e. The smallest absolute Gasteiger partial charge is 0.296 e. The van der Waals surface area contributed by atoms with E-state index >= 15 is 0 Å². The van der Waals surface area contributed by atoms with Crippen molar-refractivity contribution in [2.24, 2.45) is 0 Å². The Hall–Kier alpha value is -1.14. The van der Waals surface area contributed by atoms with Crippen LogP contribution in [-0.4, -0.2) is 31.5 Å². The van der Waals surface area contributed by atoms with E-state index < -0.39 is 10.1 Å². The Morgan fingerprint density at radius 1 is 1.28 bits per heavy atom. The number of anilines is 1. The van der Waals surface area contributed by atoms with Gasteiger partial charge in [-0.15, -0.1) is 0 Å². The topological polar surface area (TPSA) is 70.5 Å². The summed E-state index contributed by atoms with van der Waals surface area (Å²) in [7, 11) is -2.23. The lowest BCUT2D eigenvalue weighted by Gasteiger charge is -2.17. The van der Waals surface area contributed by atoms with Crippen LogP contribution in [0.25, 0.3) is 0 Å². The lowest BCUT2D eigenvalue weighted by molar-refractivity contribution is 0.483. The Morgan fingerprint density at radius 3 is 2.50 bits per heavy atom. The van der Waals surface area contributed by atoms with Crippen LogP contribution in [0.4, 0.5) is 5.82 Å². The summed E-state index contributed by atoms with van der Waals surface area (Å²) < 4.78 is 30.6. The van der Waals surface area contributed by atoms with Gasteiger partial charge < -0.3 is 4.90 Å². The monoisotopic (exact) mass is 272 g/mol. The first kappa shape index (κ1) is 14.9. The number of nitrogens with zero attached hydrogens (tertiary/aromatic N) is 2. The second-order valence-corrected chi connectivity index (χ2v) is 5.73. The fourth-order valence-electron chi connectivity index (χ4n) is 1.64. The lowest BCUT2D eigenvalue weighted by atomic mass is 10.2. The van der Waals surface area contributed by atoms with Gasteiger partial charge in [-0.2, -0.15) is 8.42 Å². The van der Waals surface area contributed by atoms with Crippen molar-refractivity contribution >= 4 is 15.9 Å². The van der Waals surface area contributed by atoms with E-state index in [-0.39, 0.29) is 4.90 Å². The standard InChI is InChI=1S/C12H20N2O3S/c1-3-4-5-6-9-14(2)12-8-7-11(10-13-12)18(15,16)17/h7-8,10H,3-6,9H2,1-2H3,(H,15,16,17). The molecule has 0 bridgehead atoms. The predicted octanol–water partition coefficient (Wildman–Crippen LogP) is 2.34. The summed E-state index contributed by atoms with van der Waals surface area (Å²) in [6.45, 7) is 3.05. The van der Waals surface area contributed by atoms with Gasteiger partial charge in [-0.05, 0) is 18.6 Å². The average Bonchev–Trinajstić information content (AvgIpc) is 2.33. The van der Waals surface area contributed by atoms with Crippen LogP contribution in [0, 0.1) is 0 Å². The number of rotatable bonds is 7. The molecule has 18 heavy (non-hydrogen) atoms. The maximum atomic E-state index is 10.9. The molecule has 0 aromatic carbocycles. The highest BCUT2D eigenvalue weighted by Crippen LogP contribution is 2.13. The summed E-state index contributed by atoms with van der Waals surface area (Å²) in [5.74, 6) is 0.707. The second kappa shape index (κ2) is 6.70. The van der Waals surface area contributed by atoms with Crippen LogP contribution in [0.5, 0.6) is 0 Å². The van der Waals surface area contributed by atoms with Crippen molar-refractivity contribution in [1.29, 1.82) is 0 Å². The van der Waals surface area contributed by atoms with Gasteiger partial charge in [0.2, 0.25) is 0 Å². The molecule has 1 aromatic rings. The first-order chi connectivity index (χ1) is 8.45. The van der Waals surface area contributed by atoms with Crippen LogP contribution in [0.15, 0.2) is 23.2 Å². The van der Waals surface area contributed by atoms with Gasteiger partial charge in [-0.3, -0.25) is 4.55 Å². The summed E-state index contributed by atoms with van der Waals surface area (Å²) in [6.07, 6.45) is 5.87.